The van der Waals surface area contributed by atoms with Crippen LogP contribution in [-0.4, -0.2) is 13.1 Å². The summed E-state index contributed by atoms with van der Waals surface area (Å²) >= 11 is 6.34. The minimum Gasteiger partial charge on any atom is -0.399 e. The first-order chi connectivity index (χ1) is 10.5. The molecule has 0 unspecified atom stereocenters. The van der Waals surface area contributed by atoms with Crippen molar-refractivity contribution in [2.24, 2.45) is 5.73 Å². The maximum absolute atomic E-state index is 6.34. The highest BCUT2D eigenvalue weighted by Crippen LogP contribution is 2.28. The van der Waals surface area contributed by atoms with E-state index in [0.29, 0.717) is 5.70 Å². The highest BCUT2D eigenvalue weighted by atomic mass is 35.5. The van der Waals surface area contributed by atoms with Gasteiger partial charge in [0.2, 0.25) is 0 Å². The highest BCUT2D eigenvalue weighted by molar-refractivity contribution is 6.31. The molecular formula is C19H27ClN2. The molecule has 0 saturated heterocycles. The van der Waals surface area contributed by atoms with Crippen LogP contribution in [0, 0.1) is 0 Å². The molecule has 1 aromatic rings. The molecule has 22 heavy (non-hydrogen) atoms. The molecule has 0 aliphatic heterocycles. The third-order valence-corrected chi connectivity index (χ3v) is 3.57. The first-order valence-electron chi connectivity index (χ1n) is 7.86. The smallest absolute Gasteiger partial charge is 0.0432 e. The van der Waals surface area contributed by atoms with Gasteiger partial charge in [0.05, 0.1) is 0 Å². The summed E-state index contributed by atoms with van der Waals surface area (Å²) in [6, 6.07) is 6.21. The normalized spacial score (nSPS) is 11.9. The van der Waals surface area contributed by atoms with Gasteiger partial charge in [-0.3, -0.25) is 0 Å². The monoisotopic (exact) mass is 318 g/mol. The van der Waals surface area contributed by atoms with E-state index in [-0.39, 0.29) is 0 Å². The molecule has 0 heterocycles. The number of nitrogens with two attached hydrogens (primary N) is 1. The molecule has 0 radical (unpaired) electrons. The summed E-state index contributed by atoms with van der Waals surface area (Å²) in [4.78, 5) is 2.38. The van der Waals surface area contributed by atoms with Crippen molar-refractivity contribution in [1.82, 2.24) is 0 Å². The Morgan fingerprint density at radius 3 is 2.32 bits per heavy atom. The van der Waals surface area contributed by atoms with E-state index in [1.807, 2.05) is 31.2 Å². The predicted molar refractivity (Wildman–Crippen MR) is 100 cm³/mol. The minimum absolute atomic E-state index is 0.542. The molecule has 3 heteroatoms. The van der Waals surface area contributed by atoms with Crippen LogP contribution in [0.5, 0.6) is 0 Å². The van der Waals surface area contributed by atoms with Crippen LogP contribution < -0.4 is 10.6 Å². The topological polar surface area (TPSA) is 29.3 Å². The molecular weight excluding hydrogens is 292 g/mol. The van der Waals surface area contributed by atoms with Crippen LogP contribution in [0.4, 0.5) is 5.69 Å². The molecule has 1 aromatic carbocycles. The molecule has 0 aliphatic carbocycles. The lowest BCUT2D eigenvalue weighted by Crippen LogP contribution is -2.24. The van der Waals surface area contributed by atoms with Crippen LogP contribution in [-0.2, 0) is 0 Å². The number of hydrogen-bond acceptors (Lipinski definition) is 2. The maximum atomic E-state index is 6.34. The van der Waals surface area contributed by atoms with Crippen LogP contribution in [0.1, 0.15) is 39.2 Å². The van der Waals surface area contributed by atoms with E-state index in [4.69, 9.17) is 17.3 Å². The van der Waals surface area contributed by atoms with Gasteiger partial charge in [0.25, 0.3) is 0 Å². The number of benzene rings is 1. The molecule has 0 amide bonds. The van der Waals surface area contributed by atoms with Crippen LogP contribution in [0.3, 0.4) is 0 Å². The number of nitrogens with zero attached hydrogens (tertiary/aromatic N) is 1. The molecule has 0 spiro atoms. The average molecular weight is 319 g/mol. The van der Waals surface area contributed by atoms with E-state index >= 15 is 0 Å². The lowest BCUT2D eigenvalue weighted by Gasteiger charge is -2.24. The Labute approximate surface area is 140 Å². The zero-order valence-electron chi connectivity index (χ0n) is 13.9. The molecule has 2 N–H and O–H groups in total. The van der Waals surface area contributed by atoms with Gasteiger partial charge in [0.15, 0.2) is 0 Å². The number of hydrogen-bond donors (Lipinski definition) is 1. The second-order valence-electron chi connectivity index (χ2n) is 5.34. The second kappa shape index (κ2) is 9.37. The van der Waals surface area contributed by atoms with Gasteiger partial charge in [-0.15, -0.1) is 0 Å². The molecule has 2 nitrogen and oxygen atoms in total. The number of halogens is 1. The molecule has 0 saturated carbocycles. The molecule has 0 aliphatic rings. The van der Waals surface area contributed by atoms with Crippen molar-refractivity contribution in [3.63, 3.8) is 0 Å². The van der Waals surface area contributed by atoms with Crippen molar-refractivity contribution >= 4 is 22.9 Å². The van der Waals surface area contributed by atoms with Crippen molar-refractivity contribution in [1.29, 1.82) is 0 Å². The fourth-order valence-corrected chi connectivity index (χ4v) is 2.62. The summed E-state index contributed by atoms with van der Waals surface area (Å²) in [6.45, 7) is 12.2. The van der Waals surface area contributed by atoms with Gasteiger partial charge >= 0.3 is 0 Å². The summed E-state index contributed by atoms with van der Waals surface area (Å²) in [6.07, 6.45) is 8.07. The molecule has 0 bridgehead atoms. The van der Waals surface area contributed by atoms with Crippen LogP contribution in [0.2, 0.25) is 5.02 Å². The quantitative estimate of drug-likeness (QED) is 0.650. The number of rotatable bonds is 8. The van der Waals surface area contributed by atoms with Crippen molar-refractivity contribution in [2.75, 3.05) is 18.0 Å². The van der Waals surface area contributed by atoms with Crippen LogP contribution in [0.25, 0.3) is 5.57 Å². The van der Waals surface area contributed by atoms with Crippen molar-refractivity contribution in [2.45, 2.75) is 33.6 Å². The van der Waals surface area contributed by atoms with Gasteiger partial charge in [-0.2, -0.15) is 0 Å². The zero-order valence-corrected chi connectivity index (χ0v) is 14.7. The average Bonchev–Trinajstić information content (AvgIpc) is 2.47. The van der Waals surface area contributed by atoms with Crippen molar-refractivity contribution in [3.8, 4) is 0 Å². The van der Waals surface area contributed by atoms with Gasteiger partial charge in [-0.1, -0.05) is 44.2 Å². The Hall–Kier alpha value is -1.67. The molecule has 1 rings (SSSR count). The summed E-state index contributed by atoms with van der Waals surface area (Å²) in [5, 5.41) is 0.754. The van der Waals surface area contributed by atoms with E-state index in [1.54, 1.807) is 0 Å². The predicted octanol–water partition coefficient (Wildman–Crippen LogP) is 5.40. The SMILES string of the molecule is C=C(N)/C=C\C(=C/C)c1cc(Cl)cc(N(CCC)CCC)c1. The highest BCUT2D eigenvalue weighted by Gasteiger charge is 2.08. The Balaban J connectivity index is 3.19. The third kappa shape index (κ3) is 5.61. The van der Waals surface area contributed by atoms with Crippen molar-refractivity contribution < 1.29 is 0 Å². The maximum Gasteiger partial charge on any atom is 0.0432 e. The van der Waals surface area contributed by atoms with Gasteiger partial charge in [-0.25, -0.2) is 0 Å². The largest absolute Gasteiger partial charge is 0.399 e. The first-order valence-corrected chi connectivity index (χ1v) is 8.24. The molecule has 0 aromatic heterocycles. The van der Waals surface area contributed by atoms with E-state index in [1.165, 1.54) is 5.69 Å². The number of allylic oxidation sites excluding steroid dienone is 4. The van der Waals surface area contributed by atoms with Gasteiger partial charge in [0.1, 0.15) is 0 Å². The number of anilines is 1. The first kappa shape index (κ1) is 18.4. The molecule has 0 atom stereocenters. The summed E-state index contributed by atoms with van der Waals surface area (Å²) in [7, 11) is 0. The summed E-state index contributed by atoms with van der Waals surface area (Å²) in [5.41, 5.74) is 9.51. The Kier molecular flexibility index (Phi) is 7.83. The van der Waals surface area contributed by atoms with E-state index < -0.39 is 0 Å². The standard InChI is InChI=1S/C19H27ClN2/c1-5-10-22(11-6-2)19-13-17(12-18(20)14-19)16(7-3)9-8-15(4)21/h7-9,12-14H,4-6,10-11,21H2,1-3H3/b9-8-,16-7+. The molecule has 0 fully saturated rings. The Morgan fingerprint density at radius 2 is 1.82 bits per heavy atom. The van der Waals surface area contributed by atoms with Gasteiger partial charge < -0.3 is 10.6 Å². The van der Waals surface area contributed by atoms with E-state index in [9.17, 15) is 0 Å². The minimum atomic E-state index is 0.542. The van der Waals surface area contributed by atoms with Crippen LogP contribution >= 0.6 is 11.6 Å². The van der Waals surface area contributed by atoms with Crippen LogP contribution in [0.15, 0.2) is 48.7 Å². The Bertz CT molecular complexity index is 553. The van der Waals surface area contributed by atoms with E-state index in [2.05, 4.69) is 37.5 Å². The zero-order chi connectivity index (χ0) is 16.5. The lowest BCUT2D eigenvalue weighted by molar-refractivity contribution is 0.745. The fraction of sp³-hybridized carbons (Fsp3) is 0.368. The Morgan fingerprint density at radius 1 is 1.18 bits per heavy atom. The third-order valence-electron chi connectivity index (χ3n) is 3.36. The molecule has 120 valence electrons. The lowest BCUT2D eigenvalue weighted by atomic mass is 10.0. The summed E-state index contributed by atoms with van der Waals surface area (Å²) < 4.78 is 0. The van der Waals surface area contributed by atoms with Crippen molar-refractivity contribution in [3.05, 3.63) is 59.3 Å². The van der Waals surface area contributed by atoms with Gasteiger partial charge in [0, 0.05) is 29.5 Å². The fourth-order valence-electron chi connectivity index (χ4n) is 2.39. The summed E-state index contributed by atoms with van der Waals surface area (Å²) in [5.74, 6) is 0. The van der Waals surface area contributed by atoms with E-state index in [0.717, 1.165) is 42.1 Å². The van der Waals surface area contributed by atoms with Gasteiger partial charge in [-0.05, 0) is 55.2 Å². The second-order valence-corrected chi connectivity index (χ2v) is 5.77.